The van der Waals surface area contributed by atoms with Crippen LogP contribution in [0.15, 0.2) is 16.6 Å². The summed E-state index contributed by atoms with van der Waals surface area (Å²) >= 11 is 3.13. The van der Waals surface area contributed by atoms with E-state index in [1.807, 2.05) is 0 Å². The van der Waals surface area contributed by atoms with Gasteiger partial charge in [-0.05, 0) is 24.6 Å². The highest BCUT2D eigenvalue weighted by atomic mass is 79.9. The number of nitrogens with two attached hydrogens (primary N) is 1. The molecule has 0 aromatic heterocycles. The normalized spacial score (nSPS) is 13.9. The summed E-state index contributed by atoms with van der Waals surface area (Å²) in [4.78, 5) is 0. The third kappa shape index (κ3) is 2.50. The first-order valence-electron chi connectivity index (χ1n) is 4.53. The Labute approximate surface area is 100 Å². The Morgan fingerprint density at radius 2 is 2.06 bits per heavy atom. The summed E-state index contributed by atoms with van der Waals surface area (Å²) in [5.41, 5.74) is 5.68. The number of aromatic hydroxyl groups is 1. The van der Waals surface area contributed by atoms with Crippen LogP contribution in [-0.4, -0.2) is 22.7 Å². The minimum absolute atomic E-state index is 0.0917. The standard InChI is InChI=1S/C10H12BrF2NO2/c1-5-2-6(11)3-7(8(5)16)9(14)10(12,13)4-15/h2-3,9,15-16H,4,14H2,1H3/t9-/m1/s1. The fourth-order valence-corrected chi connectivity index (χ4v) is 1.91. The topological polar surface area (TPSA) is 66.5 Å². The van der Waals surface area contributed by atoms with Gasteiger partial charge in [-0.25, -0.2) is 8.78 Å². The molecule has 0 unspecified atom stereocenters. The Kier molecular flexibility index (Phi) is 3.88. The lowest BCUT2D eigenvalue weighted by atomic mass is 9.99. The number of hydrogen-bond donors (Lipinski definition) is 3. The number of hydrogen-bond acceptors (Lipinski definition) is 3. The molecule has 0 saturated carbocycles. The number of aliphatic hydroxyl groups is 1. The van der Waals surface area contributed by atoms with Crippen molar-refractivity contribution in [1.82, 2.24) is 0 Å². The van der Waals surface area contributed by atoms with Gasteiger partial charge in [0.1, 0.15) is 18.4 Å². The number of aryl methyl sites for hydroxylation is 1. The molecule has 0 radical (unpaired) electrons. The zero-order valence-electron chi connectivity index (χ0n) is 8.54. The Balaban J connectivity index is 3.23. The van der Waals surface area contributed by atoms with Gasteiger partial charge in [0.25, 0.3) is 5.92 Å². The highest BCUT2D eigenvalue weighted by Gasteiger charge is 2.39. The summed E-state index contributed by atoms with van der Waals surface area (Å²) < 4.78 is 26.9. The number of benzene rings is 1. The molecule has 4 N–H and O–H groups in total. The van der Waals surface area contributed by atoms with Crippen LogP contribution < -0.4 is 5.73 Å². The maximum atomic E-state index is 13.2. The number of alkyl halides is 2. The van der Waals surface area contributed by atoms with Gasteiger partial charge in [0.2, 0.25) is 0 Å². The van der Waals surface area contributed by atoms with E-state index >= 15 is 0 Å². The summed E-state index contributed by atoms with van der Waals surface area (Å²) in [6.45, 7) is 0.215. The van der Waals surface area contributed by atoms with Crippen molar-refractivity contribution in [3.8, 4) is 5.75 Å². The predicted molar refractivity (Wildman–Crippen MR) is 59.5 cm³/mol. The molecule has 16 heavy (non-hydrogen) atoms. The minimum atomic E-state index is -3.47. The highest BCUT2D eigenvalue weighted by Crippen LogP contribution is 2.37. The molecular formula is C10H12BrF2NO2. The van der Waals surface area contributed by atoms with E-state index in [1.165, 1.54) is 6.07 Å². The number of halogens is 3. The van der Waals surface area contributed by atoms with Crippen molar-refractivity contribution < 1.29 is 19.0 Å². The SMILES string of the molecule is Cc1cc(Br)cc([C@@H](N)C(F)(F)CO)c1O. The quantitative estimate of drug-likeness (QED) is 0.800. The van der Waals surface area contributed by atoms with Crippen LogP contribution in [0.25, 0.3) is 0 Å². The first-order valence-corrected chi connectivity index (χ1v) is 5.32. The van der Waals surface area contributed by atoms with Gasteiger partial charge in [0.15, 0.2) is 0 Å². The van der Waals surface area contributed by atoms with Gasteiger partial charge >= 0.3 is 0 Å². The molecule has 0 heterocycles. The Morgan fingerprint density at radius 1 is 1.50 bits per heavy atom. The molecule has 0 aliphatic rings. The van der Waals surface area contributed by atoms with Crippen molar-refractivity contribution in [3.05, 3.63) is 27.7 Å². The van der Waals surface area contributed by atoms with Crippen LogP contribution in [0.4, 0.5) is 8.78 Å². The average Bonchev–Trinajstić information content (AvgIpc) is 2.22. The van der Waals surface area contributed by atoms with Crippen LogP contribution in [0.2, 0.25) is 0 Å². The lowest BCUT2D eigenvalue weighted by Crippen LogP contribution is -2.36. The Hall–Kier alpha value is -0.720. The Bertz CT molecular complexity index is 399. The summed E-state index contributed by atoms with van der Waals surface area (Å²) in [6.07, 6.45) is 0. The number of rotatable bonds is 3. The summed E-state index contributed by atoms with van der Waals surface area (Å²) in [7, 11) is 0. The van der Waals surface area contributed by atoms with Crippen molar-refractivity contribution >= 4 is 15.9 Å². The summed E-state index contributed by atoms with van der Waals surface area (Å²) in [5, 5.41) is 18.2. The lowest BCUT2D eigenvalue weighted by Gasteiger charge is -2.23. The van der Waals surface area contributed by atoms with Gasteiger partial charge in [0.05, 0.1) is 0 Å². The fraction of sp³-hybridized carbons (Fsp3) is 0.400. The van der Waals surface area contributed by atoms with E-state index in [1.54, 1.807) is 13.0 Å². The molecule has 1 atom stereocenters. The van der Waals surface area contributed by atoms with Crippen LogP contribution in [-0.2, 0) is 0 Å². The molecule has 1 aromatic rings. The van der Waals surface area contributed by atoms with Crippen molar-refractivity contribution in [2.75, 3.05) is 6.61 Å². The third-order valence-corrected chi connectivity index (χ3v) is 2.75. The van der Waals surface area contributed by atoms with Gasteiger partial charge in [-0.15, -0.1) is 0 Å². The van der Waals surface area contributed by atoms with Crippen LogP contribution in [0.1, 0.15) is 17.2 Å². The van der Waals surface area contributed by atoms with E-state index in [2.05, 4.69) is 15.9 Å². The van der Waals surface area contributed by atoms with Crippen molar-refractivity contribution in [2.45, 2.75) is 18.9 Å². The molecule has 90 valence electrons. The largest absolute Gasteiger partial charge is 0.507 e. The molecular weight excluding hydrogens is 284 g/mol. The van der Waals surface area contributed by atoms with Crippen LogP contribution in [0.5, 0.6) is 5.75 Å². The van der Waals surface area contributed by atoms with E-state index in [-0.39, 0.29) is 11.3 Å². The second-order valence-corrected chi connectivity index (χ2v) is 4.47. The van der Waals surface area contributed by atoms with E-state index in [0.717, 1.165) is 0 Å². The zero-order valence-corrected chi connectivity index (χ0v) is 10.1. The van der Waals surface area contributed by atoms with Gasteiger partial charge in [-0.2, -0.15) is 0 Å². The predicted octanol–water partition coefficient (Wildman–Crippen LogP) is 2.09. The van der Waals surface area contributed by atoms with Crippen molar-refractivity contribution in [2.24, 2.45) is 5.73 Å². The molecule has 6 heteroatoms. The minimum Gasteiger partial charge on any atom is -0.507 e. The van der Waals surface area contributed by atoms with Gasteiger partial charge < -0.3 is 15.9 Å². The lowest BCUT2D eigenvalue weighted by molar-refractivity contribution is -0.0716. The van der Waals surface area contributed by atoms with E-state index in [9.17, 15) is 13.9 Å². The molecule has 1 rings (SSSR count). The van der Waals surface area contributed by atoms with Crippen molar-refractivity contribution in [3.63, 3.8) is 0 Å². The highest BCUT2D eigenvalue weighted by molar-refractivity contribution is 9.10. The van der Waals surface area contributed by atoms with Gasteiger partial charge in [-0.3, -0.25) is 0 Å². The first-order chi connectivity index (χ1) is 7.29. The van der Waals surface area contributed by atoms with E-state index in [0.29, 0.717) is 10.0 Å². The number of phenols is 1. The van der Waals surface area contributed by atoms with Gasteiger partial charge in [0, 0.05) is 10.0 Å². The smallest absolute Gasteiger partial charge is 0.289 e. The second kappa shape index (κ2) is 4.65. The van der Waals surface area contributed by atoms with E-state index < -0.39 is 18.6 Å². The monoisotopic (exact) mass is 295 g/mol. The third-order valence-electron chi connectivity index (χ3n) is 2.30. The molecule has 0 aliphatic heterocycles. The zero-order chi connectivity index (χ0) is 12.5. The summed E-state index contributed by atoms with van der Waals surface area (Å²) in [5.74, 6) is -3.74. The molecule has 0 amide bonds. The van der Waals surface area contributed by atoms with Gasteiger partial charge in [-0.1, -0.05) is 15.9 Å². The molecule has 0 aliphatic carbocycles. The summed E-state index contributed by atoms with van der Waals surface area (Å²) in [6, 6.07) is 1.16. The van der Waals surface area contributed by atoms with Crippen molar-refractivity contribution in [1.29, 1.82) is 0 Å². The fourth-order valence-electron chi connectivity index (χ4n) is 1.32. The molecule has 0 spiro atoms. The first kappa shape index (κ1) is 13.3. The second-order valence-electron chi connectivity index (χ2n) is 3.56. The molecule has 0 fully saturated rings. The van der Waals surface area contributed by atoms with Crippen LogP contribution in [0, 0.1) is 6.92 Å². The Morgan fingerprint density at radius 3 is 2.56 bits per heavy atom. The number of aliphatic hydroxyl groups excluding tert-OH is 1. The molecule has 0 saturated heterocycles. The molecule has 0 bridgehead atoms. The maximum Gasteiger partial charge on any atom is 0.289 e. The number of phenolic OH excluding ortho intramolecular Hbond substituents is 1. The average molecular weight is 296 g/mol. The molecule has 1 aromatic carbocycles. The van der Waals surface area contributed by atoms with Crippen LogP contribution in [0.3, 0.4) is 0 Å². The van der Waals surface area contributed by atoms with E-state index in [4.69, 9.17) is 10.8 Å². The van der Waals surface area contributed by atoms with Crippen LogP contribution >= 0.6 is 15.9 Å². The molecule has 3 nitrogen and oxygen atoms in total. The maximum absolute atomic E-state index is 13.2.